The third-order valence-corrected chi connectivity index (χ3v) is 3.91. The van der Waals surface area contributed by atoms with E-state index in [0.717, 1.165) is 31.6 Å². The van der Waals surface area contributed by atoms with Gasteiger partial charge in [0.05, 0.1) is 26.8 Å². The molecule has 2 aliphatic heterocycles. The Bertz CT molecular complexity index is 494. The van der Waals surface area contributed by atoms with Gasteiger partial charge in [0.1, 0.15) is 6.42 Å². The lowest BCUT2D eigenvalue weighted by Crippen LogP contribution is -2.31. The topological polar surface area (TPSA) is 76.2 Å². The summed E-state index contributed by atoms with van der Waals surface area (Å²) in [5.41, 5.74) is 1.37. The molecule has 2 rings (SSSR count). The molecule has 0 N–H and O–H groups in total. The van der Waals surface area contributed by atoms with Gasteiger partial charge >= 0.3 is 12.1 Å². The number of amides is 1. The molecule has 0 aromatic heterocycles. The third-order valence-electron chi connectivity index (χ3n) is 3.91. The summed E-state index contributed by atoms with van der Waals surface area (Å²) >= 11 is 0. The molecule has 0 aromatic rings. The van der Waals surface area contributed by atoms with Crippen LogP contribution in [0.1, 0.15) is 26.2 Å². The fourth-order valence-electron chi connectivity index (χ4n) is 2.85. The second-order valence-corrected chi connectivity index (χ2v) is 5.35. The number of ketones is 1. The van der Waals surface area contributed by atoms with Crippen LogP contribution in [0.5, 0.6) is 0 Å². The third kappa shape index (κ3) is 3.58. The van der Waals surface area contributed by atoms with Gasteiger partial charge in [0.2, 0.25) is 0 Å². The van der Waals surface area contributed by atoms with E-state index >= 15 is 0 Å². The van der Waals surface area contributed by atoms with Crippen LogP contribution in [0.25, 0.3) is 0 Å². The highest BCUT2D eigenvalue weighted by molar-refractivity contribution is 6.06. The normalized spacial score (nSPS) is 17.9. The number of hydrogen-bond donors (Lipinski definition) is 0. The molecular formula is C15H22N2O5. The predicted molar refractivity (Wildman–Crippen MR) is 78.1 cm³/mol. The number of Topliss-reactive ketones (excluding diaryl/α,β-unsaturated/α-hetero) is 1. The van der Waals surface area contributed by atoms with Crippen LogP contribution in [0.2, 0.25) is 0 Å². The van der Waals surface area contributed by atoms with Crippen molar-refractivity contribution in [2.24, 2.45) is 0 Å². The van der Waals surface area contributed by atoms with Gasteiger partial charge in [-0.05, 0) is 19.8 Å². The maximum atomic E-state index is 12.4. The number of methoxy groups -OCH3 is 1. The summed E-state index contributed by atoms with van der Waals surface area (Å²) < 4.78 is 9.56. The Morgan fingerprint density at radius 3 is 2.41 bits per heavy atom. The van der Waals surface area contributed by atoms with E-state index < -0.39 is 12.1 Å². The van der Waals surface area contributed by atoms with Crippen molar-refractivity contribution in [3.8, 4) is 0 Å². The van der Waals surface area contributed by atoms with Crippen LogP contribution in [0.4, 0.5) is 4.79 Å². The summed E-state index contributed by atoms with van der Waals surface area (Å²) in [7, 11) is 1.32. The number of likely N-dealkylation sites (tertiary alicyclic amines) is 1. The lowest BCUT2D eigenvalue weighted by Gasteiger charge is -2.21. The quantitative estimate of drug-likeness (QED) is 0.556. The van der Waals surface area contributed by atoms with Gasteiger partial charge in [-0.1, -0.05) is 0 Å². The second-order valence-electron chi connectivity index (χ2n) is 5.35. The number of esters is 1. The molecule has 0 saturated carbocycles. The van der Waals surface area contributed by atoms with Crippen LogP contribution in [0, 0.1) is 0 Å². The van der Waals surface area contributed by atoms with E-state index in [0.29, 0.717) is 12.1 Å². The van der Waals surface area contributed by atoms with E-state index in [1.807, 2.05) is 0 Å². The van der Waals surface area contributed by atoms with Crippen molar-refractivity contribution < 1.29 is 23.9 Å². The Morgan fingerprint density at radius 1 is 1.14 bits per heavy atom. The van der Waals surface area contributed by atoms with Gasteiger partial charge in [-0.15, -0.1) is 0 Å². The number of nitrogens with zero attached hydrogens (tertiary/aromatic N) is 2. The summed E-state index contributed by atoms with van der Waals surface area (Å²) in [6, 6.07) is 0. The van der Waals surface area contributed by atoms with Crippen molar-refractivity contribution in [3.63, 3.8) is 0 Å². The minimum atomic E-state index is -0.530. The lowest BCUT2D eigenvalue weighted by atomic mass is 10.1. The molecule has 1 amide bonds. The summed E-state index contributed by atoms with van der Waals surface area (Å²) in [6.45, 7) is 4.25. The predicted octanol–water partition coefficient (Wildman–Crippen LogP) is 0.941. The zero-order valence-electron chi connectivity index (χ0n) is 13.1. The van der Waals surface area contributed by atoms with Crippen LogP contribution < -0.4 is 0 Å². The van der Waals surface area contributed by atoms with E-state index in [1.54, 1.807) is 6.92 Å². The van der Waals surface area contributed by atoms with E-state index in [4.69, 9.17) is 9.47 Å². The first-order chi connectivity index (χ1) is 10.6. The van der Waals surface area contributed by atoms with Gasteiger partial charge in [0.15, 0.2) is 5.78 Å². The van der Waals surface area contributed by atoms with E-state index in [9.17, 15) is 14.4 Å². The van der Waals surface area contributed by atoms with Crippen LogP contribution in [-0.4, -0.2) is 67.5 Å². The largest absolute Gasteiger partial charge is 0.466 e. The first-order valence-corrected chi connectivity index (χ1v) is 7.55. The number of carbonyl (C=O) groups excluding carboxylic acids is 3. The summed E-state index contributed by atoms with van der Waals surface area (Å²) in [4.78, 5) is 39.2. The van der Waals surface area contributed by atoms with Crippen LogP contribution >= 0.6 is 0 Å². The fraction of sp³-hybridized carbons (Fsp3) is 0.667. The number of carbonyl (C=O) groups is 3. The Kier molecular flexibility index (Phi) is 5.41. The molecule has 7 nitrogen and oxygen atoms in total. The van der Waals surface area contributed by atoms with Crippen LogP contribution in [0.3, 0.4) is 0 Å². The monoisotopic (exact) mass is 310 g/mol. The van der Waals surface area contributed by atoms with Crippen molar-refractivity contribution in [1.82, 2.24) is 9.80 Å². The maximum Gasteiger partial charge on any atom is 0.410 e. The van der Waals surface area contributed by atoms with E-state index in [-0.39, 0.29) is 25.4 Å². The van der Waals surface area contributed by atoms with Crippen molar-refractivity contribution in [1.29, 1.82) is 0 Å². The Hall–Kier alpha value is -2.05. The molecular weight excluding hydrogens is 288 g/mol. The molecule has 0 aliphatic carbocycles. The molecule has 0 radical (unpaired) electrons. The molecule has 2 aliphatic rings. The maximum absolute atomic E-state index is 12.4. The molecule has 22 heavy (non-hydrogen) atoms. The van der Waals surface area contributed by atoms with Crippen molar-refractivity contribution in [3.05, 3.63) is 11.3 Å². The molecule has 1 fully saturated rings. The highest BCUT2D eigenvalue weighted by atomic mass is 16.5. The Balaban J connectivity index is 2.13. The second kappa shape index (κ2) is 7.29. The van der Waals surface area contributed by atoms with Crippen molar-refractivity contribution >= 4 is 17.8 Å². The minimum absolute atomic E-state index is 0.191. The van der Waals surface area contributed by atoms with E-state index in [2.05, 4.69) is 4.90 Å². The highest BCUT2D eigenvalue weighted by Gasteiger charge is 2.34. The standard InChI is InChI=1S/C15H22N2O5/c1-3-22-14(19)8-13(18)11-9-17(15(20)21-2)10-12(11)16-6-4-5-7-16/h3-10H2,1-2H3. The van der Waals surface area contributed by atoms with Gasteiger partial charge in [-0.25, -0.2) is 4.79 Å². The fourth-order valence-corrected chi connectivity index (χ4v) is 2.85. The molecule has 0 atom stereocenters. The van der Waals surface area contributed by atoms with Gasteiger partial charge in [-0.3, -0.25) is 14.5 Å². The van der Waals surface area contributed by atoms with Crippen molar-refractivity contribution in [2.75, 3.05) is 39.9 Å². The van der Waals surface area contributed by atoms with Gasteiger partial charge in [0.25, 0.3) is 0 Å². The van der Waals surface area contributed by atoms with Gasteiger partial charge in [-0.2, -0.15) is 0 Å². The van der Waals surface area contributed by atoms with Crippen LogP contribution in [-0.2, 0) is 19.1 Å². The van der Waals surface area contributed by atoms with Gasteiger partial charge < -0.3 is 14.4 Å². The number of ether oxygens (including phenoxy) is 2. The zero-order valence-corrected chi connectivity index (χ0v) is 13.1. The number of hydrogen-bond acceptors (Lipinski definition) is 6. The first kappa shape index (κ1) is 16.3. The highest BCUT2D eigenvalue weighted by Crippen LogP contribution is 2.26. The molecule has 122 valence electrons. The summed E-state index contributed by atoms with van der Waals surface area (Å²) in [5, 5.41) is 0. The lowest BCUT2D eigenvalue weighted by molar-refractivity contribution is -0.144. The molecule has 1 saturated heterocycles. The smallest absolute Gasteiger partial charge is 0.410 e. The Morgan fingerprint density at radius 2 is 1.82 bits per heavy atom. The zero-order chi connectivity index (χ0) is 16.1. The molecule has 0 aromatic carbocycles. The average Bonchev–Trinajstić information content (AvgIpc) is 3.15. The molecule has 7 heteroatoms. The number of rotatable bonds is 5. The SMILES string of the molecule is CCOC(=O)CC(=O)C1=C(N2CCCC2)CN(C(=O)OC)C1. The molecule has 2 heterocycles. The molecule has 0 spiro atoms. The molecule has 0 bridgehead atoms. The summed E-state index contributed by atoms with van der Waals surface area (Å²) in [6.07, 6.45) is 1.40. The minimum Gasteiger partial charge on any atom is -0.466 e. The average molecular weight is 310 g/mol. The van der Waals surface area contributed by atoms with E-state index in [1.165, 1.54) is 12.0 Å². The van der Waals surface area contributed by atoms with Gasteiger partial charge in [0, 0.05) is 24.4 Å². The Labute approximate surface area is 129 Å². The first-order valence-electron chi connectivity index (χ1n) is 7.55. The van der Waals surface area contributed by atoms with Crippen molar-refractivity contribution in [2.45, 2.75) is 26.2 Å². The molecule has 0 unspecified atom stereocenters. The van der Waals surface area contributed by atoms with Crippen LogP contribution in [0.15, 0.2) is 11.3 Å². The summed E-state index contributed by atoms with van der Waals surface area (Å²) in [5.74, 6) is -0.802.